The van der Waals surface area contributed by atoms with E-state index in [1.54, 1.807) is 12.1 Å². The molecule has 0 radical (unpaired) electrons. The first-order valence-electron chi connectivity index (χ1n) is 3.87. The largest absolute Gasteiger partial charge is 0.219 e. The molecule has 0 bridgehead atoms. The van der Waals surface area contributed by atoms with E-state index in [2.05, 4.69) is 31.1 Å². The molecule has 0 unspecified atom stereocenters. The van der Waals surface area contributed by atoms with Crippen molar-refractivity contribution in [2.75, 3.05) is 0 Å². The lowest BCUT2D eigenvalue weighted by Crippen LogP contribution is -1.90. The van der Waals surface area contributed by atoms with Crippen molar-refractivity contribution in [3.05, 3.63) is 41.0 Å². The maximum Gasteiger partial charge on any atom is 0.218 e. The quantitative estimate of drug-likeness (QED) is 0.784. The third-order valence-electron chi connectivity index (χ3n) is 1.65. The molecule has 1 aromatic heterocycles. The van der Waals surface area contributed by atoms with Crippen LogP contribution in [0.4, 0.5) is 4.39 Å². The Kier molecular flexibility index (Phi) is 2.49. The van der Waals surface area contributed by atoms with Gasteiger partial charge in [0.15, 0.2) is 0 Å². The van der Waals surface area contributed by atoms with Crippen molar-refractivity contribution in [2.24, 2.45) is 0 Å². The number of hydrogen-bond donors (Lipinski definition) is 0. The number of nitrogens with zero attached hydrogens (tertiary/aromatic N) is 3. The van der Waals surface area contributed by atoms with Gasteiger partial charge in [0, 0.05) is 5.56 Å². The Morgan fingerprint density at radius 1 is 1.29 bits per heavy atom. The molecule has 70 valence electrons. The highest BCUT2D eigenvalue weighted by Gasteiger charge is 2.01. The highest BCUT2D eigenvalue weighted by molar-refractivity contribution is 9.10. The monoisotopic (exact) mass is 253 g/mol. The number of rotatable bonds is 1. The fourth-order valence-electron chi connectivity index (χ4n) is 1.07. The Balaban J connectivity index is 2.49. The maximum atomic E-state index is 12.9. The van der Waals surface area contributed by atoms with Crippen LogP contribution in [0.15, 0.2) is 35.2 Å². The minimum atomic E-state index is -0.294. The van der Waals surface area contributed by atoms with Gasteiger partial charge >= 0.3 is 0 Å². The summed E-state index contributed by atoms with van der Waals surface area (Å²) in [5.41, 5.74) is 1.27. The molecular formula is C9H5BrFN3. The lowest BCUT2D eigenvalue weighted by molar-refractivity contribution is 0.628. The lowest BCUT2D eigenvalue weighted by atomic mass is 10.2. The highest BCUT2D eigenvalue weighted by Crippen LogP contribution is 2.17. The van der Waals surface area contributed by atoms with Gasteiger partial charge < -0.3 is 0 Å². The van der Waals surface area contributed by atoms with E-state index in [-0.39, 0.29) is 5.82 Å². The predicted molar refractivity (Wildman–Crippen MR) is 52.9 cm³/mol. The average Bonchev–Trinajstić information content (AvgIpc) is 2.18. The summed E-state index contributed by atoms with van der Waals surface area (Å²) >= 11 is 3.10. The van der Waals surface area contributed by atoms with Gasteiger partial charge in [0.2, 0.25) is 4.73 Å². The average molecular weight is 254 g/mol. The van der Waals surface area contributed by atoms with Crippen LogP contribution in [0.5, 0.6) is 0 Å². The van der Waals surface area contributed by atoms with Gasteiger partial charge in [-0.25, -0.2) is 9.37 Å². The van der Waals surface area contributed by atoms with Crippen LogP contribution in [-0.2, 0) is 0 Å². The van der Waals surface area contributed by atoms with Gasteiger partial charge in [-0.05, 0) is 28.1 Å². The molecule has 0 N–H and O–H groups in total. The van der Waals surface area contributed by atoms with E-state index in [1.165, 1.54) is 18.3 Å². The molecule has 0 aliphatic carbocycles. The SMILES string of the molecule is Fc1cccc(-c2cnnc(Br)n2)c1. The van der Waals surface area contributed by atoms with E-state index < -0.39 is 0 Å². The first kappa shape index (κ1) is 9.21. The van der Waals surface area contributed by atoms with E-state index in [0.717, 1.165) is 0 Å². The second-order valence-corrected chi connectivity index (χ2v) is 3.33. The molecule has 2 rings (SSSR count). The van der Waals surface area contributed by atoms with E-state index >= 15 is 0 Å². The Bertz CT molecular complexity index is 418. The Morgan fingerprint density at radius 3 is 2.86 bits per heavy atom. The summed E-state index contributed by atoms with van der Waals surface area (Å²) in [6.45, 7) is 0. The first-order chi connectivity index (χ1) is 6.75. The van der Waals surface area contributed by atoms with Crippen LogP contribution in [0.2, 0.25) is 0 Å². The molecular weight excluding hydrogens is 249 g/mol. The zero-order chi connectivity index (χ0) is 9.97. The van der Waals surface area contributed by atoms with E-state index in [0.29, 0.717) is 16.0 Å². The molecule has 1 aromatic carbocycles. The molecule has 5 heteroatoms. The highest BCUT2D eigenvalue weighted by atomic mass is 79.9. The molecule has 0 aliphatic rings. The predicted octanol–water partition coefficient (Wildman–Crippen LogP) is 2.44. The van der Waals surface area contributed by atoms with Crippen molar-refractivity contribution in [1.29, 1.82) is 0 Å². The fraction of sp³-hybridized carbons (Fsp3) is 0. The van der Waals surface area contributed by atoms with Gasteiger partial charge in [0.05, 0.1) is 11.9 Å². The van der Waals surface area contributed by atoms with Crippen molar-refractivity contribution < 1.29 is 4.39 Å². The second-order valence-electron chi connectivity index (χ2n) is 2.62. The minimum Gasteiger partial charge on any atom is -0.219 e. The molecule has 0 saturated carbocycles. The summed E-state index contributed by atoms with van der Waals surface area (Å²) in [5.74, 6) is -0.294. The van der Waals surface area contributed by atoms with Gasteiger partial charge in [-0.1, -0.05) is 12.1 Å². The van der Waals surface area contributed by atoms with Gasteiger partial charge in [-0.2, -0.15) is 5.10 Å². The normalized spacial score (nSPS) is 10.1. The number of hydrogen-bond acceptors (Lipinski definition) is 3. The smallest absolute Gasteiger partial charge is 0.218 e. The summed E-state index contributed by atoms with van der Waals surface area (Å²) in [7, 11) is 0. The van der Waals surface area contributed by atoms with Gasteiger partial charge in [-0.15, -0.1) is 5.10 Å². The molecule has 1 heterocycles. The molecule has 0 saturated heterocycles. The summed E-state index contributed by atoms with van der Waals surface area (Å²) in [4.78, 5) is 4.06. The lowest BCUT2D eigenvalue weighted by Gasteiger charge is -1.99. The summed E-state index contributed by atoms with van der Waals surface area (Å²) in [6.07, 6.45) is 1.49. The van der Waals surface area contributed by atoms with Crippen LogP contribution in [0, 0.1) is 5.82 Å². The molecule has 0 fully saturated rings. The van der Waals surface area contributed by atoms with E-state index in [9.17, 15) is 4.39 Å². The zero-order valence-corrected chi connectivity index (χ0v) is 8.57. The zero-order valence-electron chi connectivity index (χ0n) is 6.98. The van der Waals surface area contributed by atoms with Crippen LogP contribution < -0.4 is 0 Å². The molecule has 14 heavy (non-hydrogen) atoms. The van der Waals surface area contributed by atoms with E-state index in [4.69, 9.17) is 0 Å². The van der Waals surface area contributed by atoms with E-state index in [1.807, 2.05) is 0 Å². The van der Waals surface area contributed by atoms with Crippen molar-refractivity contribution in [1.82, 2.24) is 15.2 Å². The van der Waals surface area contributed by atoms with Crippen LogP contribution in [0.3, 0.4) is 0 Å². The number of benzene rings is 1. The van der Waals surface area contributed by atoms with Crippen LogP contribution in [-0.4, -0.2) is 15.2 Å². The standard InChI is InChI=1S/C9H5BrFN3/c10-9-13-8(5-12-14-9)6-2-1-3-7(11)4-6/h1-5H. The topological polar surface area (TPSA) is 38.7 Å². The number of aromatic nitrogens is 3. The Morgan fingerprint density at radius 2 is 2.14 bits per heavy atom. The van der Waals surface area contributed by atoms with Crippen molar-refractivity contribution in [3.63, 3.8) is 0 Å². The van der Waals surface area contributed by atoms with Crippen molar-refractivity contribution >= 4 is 15.9 Å². The first-order valence-corrected chi connectivity index (χ1v) is 4.66. The van der Waals surface area contributed by atoms with Gasteiger partial charge in [-0.3, -0.25) is 0 Å². The Hall–Kier alpha value is -1.36. The summed E-state index contributed by atoms with van der Waals surface area (Å²) in [6, 6.07) is 6.17. The third-order valence-corrected chi connectivity index (χ3v) is 1.99. The van der Waals surface area contributed by atoms with Gasteiger partial charge in [0.1, 0.15) is 5.82 Å². The second kappa shape index (κ2) is 3.79. The molecule has 3 nitrogen and oxygen atoms in total. The fourth-order valence-corrected chi connectivity index (χ4v) is 1.35. The summed E-state index contributed by atoms with van der Waals surface area (Å²) < 4.78 is 13.3. The summed E-state index contributed by atoms with van der Waals surface area (Å²) in [5, 5.41) is 7.36. The Labute approximate surface area is 88.1 Å². The molecule has 0 atom stereocenters. The van der Waals surface area contributed by atoms with Crippen LogP contribution in [0.1, 0.15) is 0 Å². The van der Waals surface area contributed by atoms with Crippen molar-refractivity contribution in [2.45, 2.75) is 0 Å². The minimum absolute atomic E-state index is 0.294. The van der Waals surface area contributed by atoms with Gasteiger partial charge in [0.25, 0.3) is 0 Å². The van der Waals surface area contributed by atoms with Crippen LogP contribution >= 0.6 is 15.9 Å². The van der Waals surface area contributed by atoms with Crippen LogP contribution in [0.25, 0.3) is 11.3 Å². The molecule has 0 spiro atoms. The molecule has 0 aliphatic heterocycles. The number of halogens is 2. The third kappa shape index (κ3) is 1.93. The van der Waals surface area contributed by atoms with Crippen molar-refractivity contribution in [3.8, 4) is 11.3 Å². The molecule has 0 amide bonds. The molecule has 2 aromatic rings. The maximum absolute atomic E-state index is 12.9.